The summed E-state index contributed by atoms with van der Waals surface area (Å²) in [4.78, 5) is 17.9. The number of nitrogens with zero attached hydrogens (tertiary/aromatic N) is 2. The van der Waals surface area contributed by atoms with Crippen LogP contribution < -0.4 is 0 Å². The molecule has 3 nitrogen and oxygen atoms in total. The molecule has 15 heavy (non-hydrogen) atoms. The van der Waals surface area contributed by atoms with E-state index in [9.17, 15) is 4.79 Å². The molecular formula is C10H13BrN2OS. The van der Waals surface area contributed by atoms with Crippen LogP contribution in [0, 0.1) is 0 Å². The molecule has 1 aliphatic heterocycles. The quantitative estimate of drug-likeness (QED) is 0.798. The van der Waals surface area contributed by atoms with Crippen molar-refractivity contribution in [3.05, 3.63) is 16.6 Å². The number of piperidine rings is 1. The number of rotatable bonds is 3. The van der Waals surface area contributed by atoms with Crippen LogP contribution in [0.3, 0.4) is 0 Å². The molecule has 0 bridgehead atoms. The molecular weight excluding hydrogens is 276 g/mol. The Morgan fingerprint density at radius 2 is 2.53 bits per heavy atom. The summed E-state index contributed by atoms with van der Waals surface area (Å²) in [5.74, 6) is 0.234. The summed E-state index contributed by atoms with van der Waals surface area (Å²) >= 11 is 5.06. The van der Waals surface area contributed by atoms with Crippen LogP contribution in [0.1, 0.15) is 17.8 Å². The summed E-state index contributed by atoms with van der Waals surface area (Å²) < 4.78 is 0. The van der Waals surface area contributed by atoms with Gasteiger partial charge in [0.15, 0.2) is 0 Å². The van der Waals surface area contributed by atoms with Crippen LogP contribution >= 0.6 is 27.3 Å². The van der Waals surface area contributed by atoms with Crippen molar-refractivity contribution >= 4 is 33.2 Å². The van der Waals surface area contributed by atoms with E-state index in [4.69, 9.17) is 0 Å². The lowest BCUT2D eigenvalue weighted by molar-refractivity contribution is -0.132. The molecule has 1 atom stereocenters. The number of halogens is 1. The first-order chi connectivity index (χ1) is 7.27. The number of carbonyl (C=O) groups excluding carboxylic acids is 1. The molecule has 1 unspecified atom stereocenters. The predicted octanol–water partition coefficient (Wildman–Crippen LogP) is 2.07. The van der Waals surface area contributed by atoms with Crippen molar-refractivity contribution in [2.75, 3.05) is 13.1 Å². The van der Waals surface area contributed by atoms with E-state index >= 15 is 0 Å². The Bertz CT molecular complexity index is 328. The van der Waals surface area contributed by atoms with Crippen LogP contribution in [0.4, 0.5) is 0 Å². The maximum atomic E-state index is 11.7. The van der Waals surface area contributed by atoms with E-state index in [-0.39, 0.29) is 10.7 Å². The van der Waals surface area contributed by atoms with Gasteiger partial charge in [0, 0.05) is 31.1 Å². The zero-order valence-corrected chi connectivity index (χ0v) is 10.8. The van der Waals surface area contributed by atoms with Crippen molar-refractivity contribution < 1.29 is 4.79 Å². The van der Waals surface area contributed by atoms with Gasteiger partial charge in [-0.25, -0.2) is 4.98 Å². The first-order valence-corrected chi connectivity index (χ1v) is 6.88. The summed E-state index contributed by atoms with van der Waals surface area (Å²) in [6.45, 7) is 1.70. The molecule has 0 spiro atoms. The van der Waals surface area contributed by atoms with Gasteiger partial charge in [0.2, 0.25) is 5.91 Å². The second-order valence-corrected chi connectivity index (χ2v) is 5.70. The van der Waals surface area contributed by atoms with Crippen LogP contribution in [-0.4, -0.2) is 33.7 Å². The summed E-state index contributed by atoms with van der Waals surface area (Å²) in [7, 11) is 0. The zero-order valence-electron chi connectivity index (χ0n) is 8.36. The average Bonchev–Trinajstić information content (AvgIpc) is 2.73. The maximum Gasteiger partial charge on any atom is 0.236 e. The van der Waals surface area contributed by atoms with E-state index in [2.05, 4.69) is 20.9 Å². The van der Waals surface area contributed by atoms with Gasteiger partial charge in [0.25, 0.3) is 0 Å². The molecule has 0 aliphatic carbocycles. The lowest BCUT2D eigenvalue weighted by Crippen LogP contribution is -2.42. The number of hydrogen-bond donors (Lipinski definition) is 0. The summed E-state index contributed by atoms with van der Waals surface area (Å²) in [6.07, 6.45) is 4.75. The van der Waals surface area contributed by atoms with E-state index in [1.165, 1.54) is 0 Å². The van der Waals surface area contributed by atoms with Gasteiger partial charge in [-0.2, -0.15) is 0 Å². The lowest BCUT2D eigenvalue weighted by atomic mass is 10.1. The highest BCUT2D eigenvalue weighted by atomic mass is 79.9. The molecule has 1 amide bonds. The van der Waals surface area contributed by atoms with Gasteiger partial charge in [0.05, 0.1) is 9.83 Å². The molecule has 1 fully saturated rings. The standard InChI is InChI=1S/C10H13BrN2OS/c11-8-2-1-5-13(10(8)14)6-3-9-12-4-7-15-9/h4,7-8H,1-3,5-6H2. The number of amides is 1. The normalized spacial score (nSPS) is 22.1. The monoisotopic (exact) mass is 288 g/mol. The first-order valence-electron chi connectivity index (χ1n) is 5.08. The van der Waals surface area contributed by atoms with Gasteiger partial charge in [-0.05, 0) is 12.8 Å². The molecule has 82 valence electrons. The SMILES string of the molecule is O=C1C(Br)CCCN1CCc1nccs1. The molecule has 0 aromatic carbocycles. The van der Waals surface area contributed by atoms with Crippen molar-refractivity contribution in [3.8, 4) is 0 Å². The molecule has 0 radical (unpaired) electrons. The second kappa shape index (κ2) is 5.07. The molecule has 0 saturated carbocycles. The first kappa shape index (κ1) is 11.1. The topological polar surface area (TPSA) is 33.2 Å². The molecule has 0 N–H and O–H groups in total. The van der Waals surface area contributed by atoms with E-state index in [1.54, 1.807) is 11.3 Å². The molecule has 1 aromatic rings. The van der Waals surface area contributed by atoms with E-state index in [1.807, 2.05) is 16.5 Å². The molecule has 1 aromatic heterocycles. The van der Waals surface area contributed by atoms with Crippen LogP contribution in [0.25, 0.3) is 0 Å². The maximum absolute atomic E-state index is 11.7. The van der Waals surface area contributed by atoms with Crippen molar-refractivity contribution in [2.45, 2.75) is 24.1 Å². The largest absolute Gasteiger partial charge is 0.341 e. The summed E-state index contributed by atoms with van der Waals surface area (Å²) in [5, 5.41) is 3.08. The van der Waals surface area contributed by atoms with Crippen molar-refractivity contribution in [1.29, 1.82) is 0 Å². The minimum Gasteiger partial charge on any atom is -0.341 e. The Labute approximate surface area is 102 Å². The van der Waals surface area contributed by atoms with E-state index in [0.717, 1.165) is 37.4 Å². The number of hydrogen-bond acceptors (Lipinski definition) is 3. The number of thiazole rings is 1. The van der Waals surface area contributed by atoms with Crippen LogP contribution in [-0.2, 0) is 11.2 Å². The number of likely N-dealkylation sites (tertiary alicyclic amines) is 1. The summed E-state index contributed by atoms with van der Waals surface area (Å²) in [5.41, 5.74) is 0. The van der Waals surface area contributed by atoms with Crippen LogP contribution in [0.2, 0.25) is 0 Å². The van der Waals surface area contributed by atoms with Crippen LogP contribution in [0.5, 0.6) is 0 Å². The Balaban J connectivity index is 1.86. The Hall–Kier alpha value is -0.420. The second-order valence-electron chi connectivity index (χ2n) is 3.61. The highest BCUT2D eigenvalue weighted by Gasteiger charge is 2.25. The molecule has 5 heteroatoms. The van der Waals surface area contributed by atoms with Gasteiger partial charge in [0.1, 0.15) is 0 Å². The van der Waals surface area contributed by atoms with E-state index in [0.29, 0.717) is 0 Å². The minimum absolute atomic E-state index is 0.0301. The predicted molar refractivity (Wildman–Crippen MR) is 64.3 cm³/mol. The average molecular weight is 289 g/mol. The third kappa shape index (κ3) is 2.78. The highest BCUT2D eigenvalue weighted by Crippen LogP contribution is 2.18. The van der Waals surface area contributed by atoms with Gasteiger partial charge in [-0.3, -0.25) is 4.79 Å². The van der Waals surface area contributed by atoms with E-state index < -0.39 is 0 Å². The zero-order chi connectivity index (χ0) is 10.7. The lowest BCUT2D eigenvalue weighted by Gasteiger charge is -2.29. The smallest absolute Gasteiger partial charge is 0.236 e. The number of alkyl halides is 1. The van der Waals surface area contributed by atoms with Crippen molar-refractivity contribution in [3.63, 3.8) is 0 Å². The Morgan fingerprint density at radius 3 is 3.27 bits per heavy atom. The number of carbonyl (C=O) groups is 1. The molecule has 2 rings (SSSR count). The minimum atomic E-state index is 0.0301. The fourth-order valence-corrected chi connectivity index (χ4v) is 2.95. The van der Waals surface area contributed by atoms with Gasteiger partial charge in [-0.1, -0.05) is 15.9 Å². The molecule has 2 heterocycles. The highest BCUT2D eigenvalue weighted by molar-refractivity contribution is 9.10. The third-order valence-corrected chi connectivity index (χ3v) is 4.23. The third-order valence-electron chi connectivity index (χ3n) is 2.54. The molecule has 1 saturated heterocycles. The van der Waals surface area contributed by atoms with Gasteiger partial charge in [-0.15, -0.1) is 11.3 Å². The summed E-state index contributed by atoms with van der Waals surface area (Å²) in [6, 6.07) is 0. The fraction of sp³-hybridized carbons (Fsp3) is 0.600. The Morgan fingerprint density at radius 1 is 1.67 bits per heavy atom. The van der Waals surface area contributed by atoms with Gasteiger partial charge >= 0.3 is 0 Å². The van der Waals surface area contributed by atoms with Crippen molar-refractivity contribution in [1.82, 2.24) is 9.88 Å². The van der Waals surface area contributed by atoms with Gasteiger partial charge < -0.3 is 4.90 Å². The van der Waals surface area contributed by atoms with Crippen molar-refractivity contribution in [2.24, 2.45) is 0 Å². The molecule has 1 aliphatic rings. The number of aromatic nitrogens is 1. The fourth-order valence-electron chi connectivity index (χ4n) is 1.72. The Kier molecular flexibility index (Phi) is 3.75. The van der Waals surface area contributed by atoms with Crippen LogP contribution in [0.15, 0.2) is 11.6 Å².